The van der Waals surface area contributed by atoms with Crippen molar-refractivity contribution in [1.82, 2.24) is 10.2 Å². The fraction of sp³-hybridized carbons (Fsp3) is 0.571. The predicted octanol–water partition coefficient (Wildman–Crippen LogP) is 2.44. The van der Waals surface area contributed by atoms with Gasteiger partial charge in [0.25, 0.3) is 0 Å². The molecule has 3 nitrogen and oxygen atoms in total. The average molecular weight is 288 g/mol. The second-order valence-electron chi connectivity index (χ2n) is 4.82. The molecule has 0 aliphatic carbocycles. The summed E-state index contributed by atoms with van der Waals surface area (Å²) < 4.78 is 44.7. The van der Waals surface area contributed by atoms with Gasteiger partial charge in [0.05, 0.1) is 7.11 Å². The van der Waals surface area contributed by atoms with Gasteiger partial charge in [-0.15, -0.1) is 0 Å². The molecule has 1 heterocycles. The number of piperazine rings is 1. The van der Waals surface area contributed by atoms with E-state index in [2.05, 4.69) is 5.32 Å². The molecule has 1 aliphatic rings. The predicted molar refractivity (Wildman–Crippen MR) is 70.8 cm³/mol. The number of hydrogen-bond acceptors (Lipinski definition) is 3. The molecule has 1 saturated heterocycles. The van der Waals surface area contributed by atoms with E-state index in [1.807, 2.05) is 4.90 Å². The normalized spacial score (nSPS) is 18.2. The molecule has 0 spiro atoms. The summed E-state index contributed by atoms with van der Waals surface area (Å²) in [5.41, 5.74) is 0.313. The molecule has 1 aromatic rings. The summed E-state index contributed by atoms with van der Waals surface area (Å²) in [6.07, 6.45) is -2.82. The summed E-state index contributed by atoms with van der Waals surface area (Å²) >= 11 is 0. The lowest BCUT2D eigenvalue weighted by Crippen LogP contribution is -2.45. The maximum absolute atomic E-state index is 14.1. The highest BCUT2D eigenvalue weighted by Gasteiger charge is 2.27. The molecule has 2 rings (SSSR count). The number of alkyl halides is 2. The third-order valence-electron chi connectivity index (χ3n) is 3.56. The molecule has 0 radical (unpaired) electrons. The zero-order chi connectivity index (χ0) is 14.5. The van der Waals surface area contributed by atoms with Gasteiger partial charge in [0, 0.05) is 50.3 Å². The highest BCUT2D eigenvalue weighted by molar-refractivity contribution is 5.31. The number of hydrogen-bond donors (Lipinski definition) is 1. The molecule has 1 aliphatic heterocycles. The molecule has 0 unspecified atom stereocenters. The van der Waals surface area contributed by atoms with E-state index in [1.54, 1.807) is 12.1 Å². The zero-order valence-electron chi connectivity index (χ0n) is 11.4. The lowest BCUT2D eigenvalue weighted by Gasteiger charge is -2.35. The smallest absolute Gasteiger partial charge is 0.240 e. The molecule has 6 heteroatoms. The monoisotopic (exact) mass is 288 g/mol. The molecule has 0 saturated carbocycles. The van der Waals surface area contributed by atoms with Gasteiger partial charge in [-0.1, -0.05) is 6.07 Å². The lowest BCUT2D eigenvalue weighted by molar-refractivity contribution is 0.0725. The van der Waals surface area contributed by atoms with Crippen molar-refractivity contribution in [2.24, 2.45) is 0 Å². The Hall–Kier alpha value is -1.27. The minimum absolute atomic E-state index is 0.313. The molecule has 1 aromatic carbocycles. The van der Waals surface area contributed by atoms with Crippen LogP contribution in [0, 0.1) is 5.82 Å². The molecule has 112 valence electrons. The molecular weight excluding hydrogens is 269 g/mol. The highest BCUT2D eigenvalue weighted by atomic mass is 19.3. The molecule has 1 atom stereocenters. The molecular formula is C14H19F3N2O. The average Bonchev–Trinajstić information content (AvgIpc) is 2.45. The Morgan fingerprint density at radius 3 is 2.55 bits per heavy atom. The van der Waals surface area contributed by atoms with Gasteiger partial charge < -0.3 is 10.1 Å². The Labute approximate surface area is 116 Å². The van der Waals surface area contributed by atoms with E-state index >= 15 is 0 Å². The van der Waals surface area contributed by atoms with Crippen molar-refractivity contribution < 1.29 is 17.9 Å². The van der Waals surface area contributed by atoms with Gasteiger partial charge >= 0.3 is 0 Å². The minimum atomic E-state index is -2.46. The van der Waals surface area contributed by atoms with Crippen LogP contribution in [0.15, 0.2) is 18.2 Å². The number of halogens is 3. The van der Waals surface area contributed by atoms with Crippen LogP contribution in [0.5, 0.6) is 5.75 Å². The Balaban J connectivity index is 2.25. The van der Waals surface area contributed by atoms with Gasteiger partial charge in [0.2, 0.25) is 6.43 Å². The van der Waals surface area contributed by atoms with Crippen LogP contribution in [-0.2, 0) is 0 Å². The summed E-state index contributed by atoms with van der Waals surface area (Å²) in [6.45, 7) is 2.75. The van der Waals surface area contributed by atoms with Crippen LogP contribution in [0.1, 0.15) is 18.0 Å². The largest absolute Gasteiger partial charge is 0.497 e. The Kier molecular flexibility index (Phi) is 5.25. The van der Waals surface area contributed by atoms with Crippen LogP contribution in [0.3, 0.4) is 0 Å². The summed E-state index contributed by atoms with van der Waals surface area (Å²) in [4.78, 5) is 1.91. The second-order valence-corrected chi connectivity index (χ2v) is 4.82. The maximum Gasteiger partial charge on any atom is 0.240 e. The molecule has 1 N–H and O–H groups in total. The topological polar surface area (TPSA) is 24.5 Å². The van der Waals surface area contributed by atoms with E-state index in [-0.39, 0.29) is 6.42 Å². The van der Waals surface area contributed by atoms with E-state index < -0.39 is 18.3 Å². The van der Waals surface area contributed by atoms with Crippen molar-refractivity contribution in [1.29, 1.82) is 0 Å². The molecule has 0 bridgehead atoms. The second kappa shape index (κ2) is 6.95. The first-order valence-electron chi connectivity index (χ1n) is 6.68. The lowest BCUT2D eigenvalue weighted by atomic mass is 10.0. The minimum Gasteiger partial charge on any atom is -0.497 e. The summed E-state index contributed by atoms with van der Waals surface area (Å²) in [5, 5.41) is 3.16. The van der Waals surface area contributed by atoms with Crippen molar-refractivity contribution in [3.63, 3.8) is 0 Å². The number of nitrogens with zero attached hydrogens (tertiary/aromatic N) is 1. The summed E-state index contributed by atoms with van der Waals surface area (Å²) in [7, 11) is 1.45. The zero-order valence-corrected chi connectivity index (χ0v) is 11.4. The number of benzene rings is 1. The first-order chi connectivity index (χ1) is 9.61. The van der Waals surface area contributed by atoms with Crippen LogP contribution in [0.4, 0.5) is 13.2 Å². The van der Waals surface area contributed by atoms with E-state index in [0.29, 0.717) is 24.4 Å². The van der Waals surface area contributed by atoms with Crippen molar-refractivity contribution in [3.05, 3.63) is 29.6 Å². The first kappa shape index (κ1) is 15.1. The van der Waals surface area contributed by atoms with Crippen LogP contribution in [-0.4, -0.2) is 44.6 Å². The molecule has 0 amide bonds. The quantitative estimate of drug-likeness (QED) is 0.900. The van der Waals surface area contributed by atoms with E-state index in [1.165, 1.54) is 13.2 Å². The Morgan fingerprint density at radius 1 is 1.30 bits per heavy atom. The SMILES string of the molecule is COc1ccc([C@@H](CC(F)F)N2CCNCC2)c(F)c1. The molecule has 20 heavy (non-hydrogen) atoms. The van der Waals surface area contributed by atoms with Gasteiger partial charge in [-0.05, 0) is 6.07 Å². The fourth-order valence-electron chi connectivity index (χ4n) is 2.54. The first-order valence-corrected chi connectivity index (χ1v) is 6.68. The number of ether oxygens (including phenoxy) is 1. The van der Waals surface area contributed by atoms with Crippen molar-refractivity contribution in [2.75, 3.05) is 33.3 Å². The molecule has 1 fully saturated rings. The number of methoxy groups -OCH3 is 1. The summed E-state index contributed by atoms with van der Waals surface area (Å²) in [6, 6.07) is 3.81. The van der Waals surface area contributed by atoms with Crippen molar-refractivity contribution >= 4 is 0 Å². The van der Waals surface area contributed by atoms with Gasteiger partial charge in [-0.25, -0.2) is 13.2 Å². The highest BCUT2D eigenvalue weighted by Crippen LogP contribution is 2.31. The maximum atomic E-state index is 14.1. The van der Waals surface area contributed by atoms with Crippen LogP contribution >= 0.6 is 0 Å². The van der Waals surface area contributed by atoms with Gasteiger partial charge in [-0.2, -0.15) is 0 Å². The fourth-order valence-corrected chi connectivity index (χ4v) is 2.54. The Morgan fingerprint density at radius 2 is 2.00 bits per heavy atom. The summed E-state index contributed by atoms with van der Waals surface area (Å²) in [5.74, 6) is -0.101. The number of nitrogens with one attached hydrogen (secondary N) is 1. The van der Waals surface area contributed by atoms with Crippen molar-refractivity contribution in [3.8, 4) is 5.75 Å². The molecule has 0 aromatic heterocycles. The van der Waals surface area contributed by atoms with Crippen LogP contribution in [0.25, 0.3) is 0 Å². The van der Waals surface area contributed by atoms with E-state index in [9.17, 15) is 13.2 Å². The van der Waals surface area contributed by atoms with Gasteiger partial charge in [-0.3, -0.25) is 4.90 Å². The Bertz CT molecular complexity index is 436. The van der Waals surface area contributed by atoms with Crippen LogP contribution in [0.2, 0.25) is 0 Å². The van der Waals surface area contributed by atoms with Crippen molar-refractivity contribution in [2.45, 2.75) is 18.9 Å². The van der Waals surface area contributed by atoms with Crippen LogP contribution < -0.4 is 10.1 Å². The third kappa shape index (κ3) is 3.64. The third-order valence-corrected chi connectivity index (χ3v) is 3.56. The van der Waals surface area contributed by atoms with E-state index in [4.69, 9.17) is 4.74 Å². The number of rotatable bonds is 5. The standard InChI is InChI=1S/C14H19F3N2O/c1-20-10-2-3-11(12(15)8-10)13(9-14(16)17)19-6-4-18-5-7-19/h2-3,8,13-14,18H,4-7,9H2,1H3/t13-/m1/s1. The van der Waals surface area contributed by atoms with Gasteiger partial charge in [0.15, 0.2) is 0 Å². The van der Waals surface area contributed by atoms with E-state index in [0.717, 1.165) is 13.1 Å². The van der Waals surface area contributed by atoms with Gasteiger partial charge in [0.1, 0.15) is 11.6 Å².